The van der Waals surface area contributed by atoms with E-state index >= 15 is 0 Å². The summed E-state index contributed by atoms with van der Waals surface area (Å²) < 4.78 is 6.43. The number of halogens is 1. The van der Waals surface area contributed by atoms with Gasteiger partial charge in [-0.2, -0.15) is 0 Å². The number of carbonyl (C=O) groups is 1. The van der Waals surface area contributed by atoms with Crippen molar-refractivity contribution in [3.8, 4) is 0 Å². The maximum Gasteiger partial charge on any atom is 0.251 e. The lowest BCUT2D eigenvalue weighted by Gasteiger charge is -2.12. The van der Waals surface area contributed by atoms with Crippen molar-refractivity contribution in [2.75, 3.05) is 7.11 Å². The molecule has 1 aromatic carbocycles. The first-order valence-corrected chi connectivity index (χ1v) is 6.86. The van der Waals surface area contributed by atoms with Gasteiger partial charge in [0.05, 0.1) is 6.10 Å². The molecule has 1 aliphatic carbocycles. The quantitative estimate of drug-likeness (QED) is 0.856. The van der Waals surface area contributed by atoms with E-state index in [0.29, 0.717) is 6.10 Å². The van der Waals surface area contributed by atoms with Gasteiger partial charge >= 0.3 is 0 Å². The first-order chi connectivity index (χ1) is 8.19. The molecule has 1 fully saturated rings. The standard InChI is InChI=1S/C13H16INO2/c1-17-12-7-6-11(8-12)15-13(16)9-2-4-10(14)5-3-9/h2-5,11-12H,6-8H2,1H3,(H,15,16). The highest BCUT2D eigenvalue weighted by molar-refractivity contribution is 14.1. The van der Waals surface area contributed by atoms with E-state index in [9.17, 15) is 4.79 Å². The zero-order valence-electron chi connectivity index (χ0n) is 9.78. The minimum atomic E-state index is 0.0168. The molecule has 0 spiro atoms. The fraction of sp³-hybridized carbons (Fsp3) is 0.462. The Hall–Kier alpha value is -0.620. The minimum absolute atomic E-state index is 0.0168. The largest absolute Gasteiger partial charge is 0.381 e. The number of hydrogen-bond acceptors (Lipinski definition) is 2. The summed E-state index contributed by atoms with van der Waals surface area (Å²) >= 11 is 2.23. The van der Waals surface area contributed by atoms with E-state index in [-0.39, 0.29) is 11.9 Å². The first-order valence-electron chi connectivity index (χ1n) is 5.78. The topological polar surface area (TPSA) is 38.3 Å². The fourth-order valence-corrected chi connectivity index (χ4v) is 2.51. The first kappa shape index (κ1) is 12.8. The van der Waals surface area contributed by atoms with E-state index in [1.165, 1.54) is 0 Å². The molecular weight excluding hydrogens is 329 g/mol. The molecule has 3 nitrogen and oxygen atoms in total. The lowest BCUT2D eigenvalue weighted by molar-refractivity contribution is 0.0915. The molecule has 1 aromatic rings. The van der Waals surface area contributed by atoms with Gasteiger partial charge in [-0.25, -0.2) is 0 Å². The van der Waals surface area contributed by atoms with Gasteiger partial charge in [0, 0.05) is 22.3 Å². The molecule has 0 saturated heterocycles. The number of nitrogens with one attached hydrogen (secondary N) is 1. The monoisotopic (exact) mass is 345 g/mol. The number of amides is 1. The van der Waals surface area contributed by atoms with Crippen LogP contribution >= 0.6 is 22.6 Å². The van der Waals surface area contributed by atoms with Crippen molar-refractivity contribution >= 4 is 28.5 Å². The Labute approximate surface area is 115 Å². The van der Waals surface area contributed by atoms with Crippen molar-refractivity contribution in [2.24, 2.45) is 0 Å². The molecular formula is C13H16INO2. The van der Waals surface area contributed by atoms with Crippen LogP contribution in [0.2, 0.25) is 0 Å². The Morgan fingerprint density at radius 2 is 2.06 bits per heavy atom. The Balaban J connectivity index is 1.91. The Morgan fingerprint density at radius 3 is 2.65 bits per heavy atom. The van der Waals surface area contributed by atoms with Gasteiger partial charge in [-0.3, -0.25) is 4.79 Å². The lowest BCUT2D eigenvalue weighted by Crippen LogP contribution is -2.33. The molecule has 1 amide bonds. The summed E-state index contributed by atoms with van der Waals surface area (Å²) in [5.74, 6) is 0.0168. The number of carbonyl (C=O) groups excluding carboxylic acids is 1. The van der Waals surface area contributed by atoms with Gasteiger partial charge in [0.1, 0.15) is 0 Å². The number of hydrogen-bond donors (Lipinski definition) is 1. The van der Waals surface area contributed by atoms with Gasteiger partial charge < -0.3 is 10.1 Å². The van der Waals surface area contributed by atoms with Crippen LogP contribution in [0, 0.1) is 3.57 Å². The Kier molecular flexibility index (Phi) is 4.39. The number of methoxy groups -OCH3 is 1. The predicted octanol–water partition coefficient (Wildman–Crippen LogP) is 2.59. The molecule has 0 bridgehead atoms. The second kappa shape index (κ2) is 5.82. The lowest BCUT2D eigenvalue weighted by atomic mass is 10.2. The highest BCUT2D eigenvalue weighted by atomic mass is 127. The van der Waals surface area contributed by atoms with Crippen LogP contribution in [0.1, 0.15) is 29.6 Å². The van der Waals surface area contributed by atoms with Crippen LogP contribution in [-0.2, 0) is 4.74 Å². The van der Waals surface area contributed by atoms with Crippen molar-refractivity contribution in [1.29, 1.82) is 0 Å². The molecule has 92 valence electrons. The van der Waals surface area contributed by atoms with Crippen molar-refractivity contribution in [1.82, 2.24) is 5.32 Å². The summed E-state index contributed by atoms with van der Waals surface area (Å²) in [7, 11) is 1.73. The summed E-state index contributed by atoms with van der Waals surface area (Å²) in [5.41, 5.74) is 0.728. The molecule has 0 aliphatic heterocycles. The van der Waals surface area contributed by atoms with Gasteiger partial charge in [-0.1, -0.05) is 0 Å². The molecule has 2 unspecified atom stereocenters. The summed E-state index contributed by atoms with van der Waals surface area (Å²) in [4.78, 5) is 12.0. The van der Waals surface area contributed by atoms with Gasteiger partial charge in [0.25, 0.3) is 5.91 Å². The van der Waals surface area contributed by atoms with Crippen LogP contribution in [0.15, 0.2) is 24.3 Å². The third-order valence-corrected chi connectivity index (χ3v) is 3.88. The average Bonchev–Trinajstić information content (AvgIpc) is 2.77. The van der Waals surface area contributed by atoms with Gasteiger partial charge in [0.2, 0.25) is 0 Å². The SMILES string of the molecule is COC1CCC(NC(=O)c2ccc(I)cc2)C1. The second-order valence-corrected chi connectivity index (χ2v) is 5.59. The Bertz CT molecular complexity index is 391. The molecule has 17 heavy (non-hydrogen) atoms. The molecule has 1 saturated carbocycles. The predicted molar refractivity (Wildman–Crippen MR) is 75.1 cm³/mol. The zero-order chi connectivity index (χ0) is 12.3. The van der Waals surface area contributed by atoms with Crippen LogP contribution in [-0.4, -0.2) is 25.2 Å². The van der Waals surface area contributed by atoms with E-state index in [0.717, 1.165) is 28.4 Å². The van der Waals surface area contributed by atoms with Crippen molar-refractivity contribution < 1.29 is 9.53 Å². The summed E-state index contributed by atoms with van der Waals surface area (Å²) in [6.07, 6.45) is 3.27. The highest BCUT2D eigenvalue weighted by Gasteiger charge is 2.25. The van der Waals surface area contributed by atoms with E-state index in [2.05, 4.69) is 27.9 Å². The van der Waals surface area contributed by atoms with E-state index in [4.69, 9.17) is 4.74 Å². The van der Waals surface area contributed by atoms with Crippen molar-refractivity contribution in [2.45, 2.75) is 31.4 Å². The zero-order valence-corrected chi connectivity index (χ0v) is 11.9. The smallest absolute Gasteiger partial charge is 0.251 e. The summed E-state index contributed by atoms with van der Waals surface area (Å²) in [5, 5.41) is 3.06. The normalized spacial score (nSPS) is 23.6. The highest BCUT2D eigenvalue weighted by Crippen LogP contribution is 2.21. The fourth-order valence-electron chi connectivity index (χ4n) is 2.16. The summed E-state index contributed by atoms with van der Waals surface area (Å²) in [6.45, 7) is 0. The maximum atomic E-state index is 12.0. The second-order valence-electron chi connectivity index (χ2n) is 4.35. The molecule has 2 atom stereocenters. The van der Waals surface area contributed by atoms with Gasteiger partial charge in [-0.05, 0) is 66.1 Å². The van der Waals surface area contributed by atoms with E-state index in [1.807, 2.05) is 24.3 Å². The van der Waals surface area contributed by atoms with E-state index in [1.54, 1.807) is 7.11 Å². The Morgan fingerprint density at radius 1 is 1.35 bits per heavy atom. The average molecular weight is 345 g/mol. The molecule has 0 radical (unpaired) electrons. The van der Waals surface area contributed by atoms with Gasteiger partial charge in [0.15, 0.2) is 0 Å². The van der Waals surface area contributed by atoms with Crippen molar-refractivity contribution in [3.63, 3.8) is 0 Å². The molecule has 0 heterocycles. The number of ether oxygens (including phenoxy) is 1. The van der Waals surface area contributed by atoms with Crippen LogP contribution in [0.5, 0.6) is 0 Å². The third kappa shape index (κ3) is 3.42. The maximum absolute atomic E-state index is 12.0. The van der Waals surface area contributed by atoms with Gasteiger partial charge in [-0.15, -0.1) is 0 Å². The van der Waals surface area contributed by atoms with Crippen molar-refractivity contribution in [3.05, 3.63) is 33.4 Å². The molecule has 4 heteroatoms. The molecule has 1 N–H and O–H groups in total. The molecule has 0 aromatic heterocycles. The number of rotatable bonds is 3. The van der Waals surface area contributed by atoms with Crippen LogP contribution in [0.4, 0.5) is 0 Å². The summed E-state index contributed by atoms with van der Waals surface area (Å²) in [6, 6.07) is 7.87. The van der Waals surface area contributed by atoms with E-state index < -0.39 is 0 Å². The molecule has 1 aliphatic rings. The van der Waals surface area contributed by atoms with Crippen LogP contribution in [0.3, 0.4) is 0 Å². The third-order valence-electron chi connectivity index (χ3n) is 3.16. The van der Waals surface area contributed by atoms with Crippen LogP contribution < -0.4 is 5.32 Å². The number of benzene rings is 1. The minimum Gasteiger partial charge on any atom is -0.381 e. The van der Waals surface area contributed by atoms with Crippen LogP contribution in [0.25, 0.3) is 0 Å². The molecule has 2 rings (SSSR count).